The van der Waals surface area contributed by atoms with Crippen LogP contribution in [0, 0.1) is 13.8 Å². The SMILES string of the molecule is CCCCOc1ccc(PC(=O)c2c(C)cc(C(C)(C)C)cc2C)c(OCCCC)c1.[H-].[Li+]. The van der Waals surface area contributed by atoms with E-state index in [1.165, 1.54) is 5.56 Å². The molecule has 0 aliphatic heterocycles. The van der Waals surface area contributed by atoms with Gasteiger partial charge in [0.15, 0.2) is 5.52 Å². The summed E-state index contributed by atoms with van der Waals surface area (Å²) in [5.41, 5.74) is 4.43. The number of carbonyl (C=O) groups excluding carboxylic acids is 1. The van der Waals surface area contributed by atoms with Crippen LogP contribution in [0.3, 0.4) is 0 Å². The van der Waals surface area contributed by atoms with E-state index in [0.29, 0.717) is 13.2 Å². The third kappa shape index (κ3) is 8.26. The minimum Gasteiger partial charge on any atom is -1.00 e. The summed E-state index contributed by atoms with van der Waals surface area (Å²) in [6.07, 6.45) is 4.18. The van der Waals surface area contributed by atoms with Crippen LogP contribution in [0.4, 0.5) is 0 Å². The largest absolute Gasteiger partial charge is 1.00 e. The minimum atomic E-state index is 0. The topological polar surface area (TPSA) is 35.5 Å². The third-order valence-electron chi connectivity index (χ3n) is 5.35. The van der Waals surface area contributed by atoms with E-state index in [0.717, 1.165) is 59.2 Å². The number of rotatable bonds is 11. The molecule has 1 unspecified atom stereocenters. The van der Waals surface area contributed by atoms with E-state index < -0.39 is 0 Å². The van der Waals surface area contributed by atoms with Crippen molar-refractivity contribution < 1.29 is 34.6 Å². The van der Waals surface area contributed by atoms with Gasteiger partial charge in [-0.1, -0.05) is 59.6 Å². The molecule has 0 fully saturated rings. The molecule has 1 atom stereocenters. The van der Waals surface area contributed by atoms with Gasteiger partial charge in [-0.2, -0.15) is 0 Å². The van der Waals surface area contributed by atoms with E-state index in [1.54, 1.807) is 0 Å². The fourth-order valence-electron chi connectivity index (χ4n) is 3.42. The molecule has 0 saturated carbocycles. The summed E-state index contributed by atoms with van der Waals surface area (Å²) in [7, 11) is 0.0220. The third-order valence-corrected chi connectivity index (χ3v) is 6.51. The molecular formula is C27H40LiO3P. The van der Waals surface area contributed by atoms with Gasteiger partial charge in [-0.05, 0) is 69.5 Å². The Morgan fingerprint density at radius 3 is 2.03 bits per heavy atom. The zero-order valence-electron chi connectivity index (χ0n) is 22.4. The van der Waals surface area contributed by atoms with E-state index in [4.69, 9.17) is 9.47 Å². The van der Waals surface area contributed by atoms with E-state index in [-0.39, 0.29) is 39.8 Å². The van der Waals surface area contributed by atoms with Crippen molar-refractivity contribution in [3.8, 4) is 11.5 Å². The van der Waals surface area contributed by atoms with Crippen LogP contribution in [0.1, 0.15) is 88.8 Å². The fraction of sp³-hybridized carbons (Fsp3) is 0.519. The summed E-state index contributed by atoms with van der Waals surface area (Å²) in [4.78, 5) is 13.3. The van der Waals surface area contributed by atoms with Crippen LogP contribution in [0.25, 0.3) is 0 Å². The molecule has 2 aromatic rings. The monoisotopic (exact) mass is 450 g/mol. The summed E-state index contributed by atoms with van der Waals surface area (Å²) in [6, 6.07) is 10.2. The maximum absolute atomic E-state index is 13.3. The molecule has 0 aliphatic rings. The molecule has 0 spiro atoms. The van der Waals surface area contributed by atoms with Crippen molar-refractivity contribution in [1.82, 2.24) is 0 Å². The average Bonchev–Trinajstić information content (AvgIpc) is 2.69. The van der Waals surface area contributed by atoms with Crippen LogP contribution in [-0.2, 0) is 5.41 Å². The Balaban J connectivity index is 0.00000512. The van der Waals surface area contributed by atoms with Crippen molar-refractivity contribution in [3.05, 3.63) is 52.6 Å². The maximum atomic E-state index is 13.3. The molecule has 0 heterocycles. The zero-order valence-corrected chi connectivity index (χ0v) is 22.4. The molecule has 0 bridgehead atoms. The molecule has 2 rings (SSSR count). The number of unbranched alkanes of at least 4 members (excludes halogenated alkanes) is 2. The standard InChI is InChI=1S/C27H39O3P.Li.H/c1-8-10-14-29-22-12-13-24(23(18-22)30-15-11-9-2)31-26(28)25-19(3)16-21(17-20(25)4)27(5,6)7;;/h12-13,16-18,31H,8-11,14-15H2,1-7H3;;/q;+1;-1. The van der Waals surface area contributed by atoms with E-state index in [2.05, 4.69) is 46.8 Å². The van der Waals surface area contributed by atoms with Crippen LogP contribution >= 0.6 is 8.58 Å². The Bertz CT molecular complexity index is 870. The van der Waals surface area contributed by atoms with Gasteiger partial charge in [0.25, 0.3) is 0 Å². The second kappa shape index (κ2) is 13.4. The Hall–Kier alpha value is -1.26. The van der Waals surface area contributed by atoms with Crippen molar-refractivity contribution in [2.24, 2.45) is 0 Å². The molecule has 0 radical (unpaired) electrons. The van der Waals surface area contributed by atoms with Crippen LogP contribution in [-0.4, -0.2) is 18.7 Å². The summed E-state index contributed by atoms with van der Waals surface area (Å²) in [5, 5.41) is 0.947. The van der Waals surface area contributed by atoms with E-state index in [1.807, 2.05) is 32.0 Å². The summed E-state index contributed by atoms with van der Waals surface area (Å²) in [5.74, 6) is 1.58. The quantitative estimate of drug-likeness (QED) is 0.292. The minimum absolute atomic E-state index is 0. The number of aryl methyl sites for hydroxylation is 2. The Kier molecular flexibility index (Phi) is 12.1. The molecule has 3 nitrogen and oxygen atoms in total. The van der Waals surface area contributed by atoms with Crippen molar-refractivity contribution in [1.29, 1.82) is 0 Å². The molecule has 0 aliphatic carbocycles. The smallest absolute Gasteiger partial charge is 1.00 e. The number of carbonyl (C=O) groups is 1. The Morgan fingerprint density at radius 2 is 1.50 bits per heavy atom. The van der Waals surface area contributed by atoms with Crippen molar-refractivity contribution in [3.63, 3.8) is 0 Å². The first-order valence-corrected chi connectivity index (χ1v) is 12.5. The van der Waals surface area contributed by atoms with Gasteiger partial charge in [0.05, 0.1) is 13.2 Å². The van der Waals surface area contributed by atoms with Crippen molar-refractivity contribution >= 4 is 19.4 Å². The number of ether oxygens (including phenoxy) is 2. The van der Waals surface area contributed by atoms with Gasteiger partial charge >= 0.3 is 18.9 Å². The number of hydrogen-bond donors (Lipinski definition) is 0. The van der Waals surface area contributed by atoms with Gasteiger partial charge < -0.3 is 10.9 Å². The molecule has 0 amide bonds. The second-order valence-electron chi connectivity index (χ2n) is 9.25. The van der Waals surface area contributed by atoms with Crippen LogP contribution in [0.5, 0.6) is 11.5 Å². The second-order valence-corrected chi connectivity index (χ2v) is 10.5. The van der Waals surface area contributed by atoms with Gasteiger partial charge in [-0.25, -0.2) is 0 Å². The van der Waals surface area contributed by atoms with Gasteiger partial charge in [0, 0.05) is 16.9 Å². The number of benzene rings is 2. The Labute approximate surface area is 210 Å². The first kappa shape index (κ1) is 28.8. The van der Waals surface area contributed by atoms with Gasteiger partial charge in [-0.3, -0.25) is 4.79 Å². The molecule has 2 aromatic carbocycles. The van der Waals surface area contributed by atoms with Crippen molar-refractivity contribution in [2.45, 2.75) is 79.6 Å². The van der Waals surface area contributed by atoms with Gasteiger partial charge in [0.2, 0.25) is 0 Å². The zero-order chi connectivity index (χ0) is 23.0. The van der Waals surface area contributed by atoms with Crippen LogP contribution in [0.2, 0.25) is 0 Å². The molecule has 5 heteroatoms. The Morgan fingerprint density at radius 1 is 0.938 bits per heavy atom. The first-order chi connectivity index (χ1) is 14.7. The van der Waals surface area contributed by atoms with E-state index in [9.17, 15) is 4.79 Å². The van der Waals surface area contributed by atoms with Crippen LogP contribution < -0.4 is 33.6 Å². The van der Waals surface area contributed by atoms with E-state index >= 15 is 0 Å². The van der Waals surface area contributed by atoms with Crippen molar-refractivity contribution in [2.75, 3.05) is 13.2 Å². The number of hydrogen-bond acceptors (Lipinski definition) is 3. The summed E-state index contributed by atoms with van der Waals surface area (Å²) in [6.45, 7) is 16.3. The summed E-state index contributed by atoms with van der Waals surface area (Å²) < 4.78 is 11.9. The molecule has 0 N–H and O–H groups in total. The molecule has 0 aromatic heterocycles. The van der Waals surface area contributed by atoms with Crippen LogP contribution in [0.15, 0.2) is 30.3 Å². The molecular weight excluding hydrogens is 410 g/mol. The summed E-state index contributed by atoms with van der Waals surface area (Å²) >= 11 is 0. The molecule has 172 valence electrons. The first-order valence-electron chi connectivity index (χ1n) is 11.5. The fourth-order valence-corrected chi connectivity index (χ4v) is 4.61. The predicted molar refractivity (Wildman–Crippen MR) is 135 cm³/mol. The predicted octanol–water partition coefficient (Wildman–Crippen LogP) is 4.22. The van der Waals surface area contributed by atoms with Gasteiger partial charge in [-0.15, -0.1) is 0 Å². The normalized spacial score (nSPS) is 11.5. The molecule has 0 saturated heterocycles. The maximum Gasteiger partial charge on any atom is 1.00 e. The van der Waals surface area contributed by atoms with Gasteiger partial charge in [0.1, 0.15) is 11.5 Å². The average molecular weight is 451 g/mol. The molecule has 32 heavy (non-hydrogen) atoms.